The Hall–Kier alpha value is -1.17. The maximum Gasteiger partial charge on any atom is 0.0643 e. The molecule has 0 saturated carbocycles. The molecule has 0 bridgehead atoms. The molecule has 3 N–H and O–H groups in total. The molecule has 0 fully saturated rings. The Morgan fingerprint density at radius 1 is 1.44 bits per heavy atom. The largest absolute Gasteiger partial charge is 0.276 e. The monoisotopic (exact) mass is 308 g/mol. The Morgan fingerprint density at radius 2 is 2.22 bits per heavy atom. The lowest BCUT2D eigenvalue weighted by molar-refractivity contribution is 0.541. The predicted octanol–water partition coefficient (Wildman–Crippen LogP) is 2.24. The van der Waals surface area contributed by atoms with Crippen molar-refractivity contribution in [2.45, 2.75) is 19.4 Å². The van der Waals surface area contributed by atoms with Gasteiger partial charge in [0.1, 0.15) is 0 Å². The van der Waals surface area contributed by atoms with Crippen LogP contribution < -0.4 is 11.3 Å². The van der Waals surface area contributed by atoms with Crippen LogP contribution in [0.5, 0.6) is 0 Å². The van der Waals surface area contributed by atoms with Gasteiger partial charge in [-0.05, 0) is 30.2 Å². The molecule has 2 rings (SSSR count). The number of benzene rings is 1. The van der Waals surface area contributed by atoms with Crippen LogP contribution in [0.25, 0.3) is 0 Å². The predicted molar refractivity (Wildman–Crippen MR) is 75.9 cm³/mol. The first kappa shape index (κ1) is 13.3. The van der Waals surface area contributed by atoms with Gasteiger partial charge in [0.2, 0.25) is 0 Å². The van der Waals surface area contributed by atoms with Gasteiger partial charge in [-0.25, -0.2) is 0 Å². The lowest BCUT2D eigenvalue weighted by Gasteiger charge is -2.16. The summed E-state index contributed by atoms with van der Waals surface area (Å²) in [6.07, 6.45) is 2.72. The standard InChI is InChI=1S/C13H17BrN4/c1-9-7-10(3-4-12(9)14)13(16-15)8-11-5-6-18(2)17-11/h3-7,13,16H,8,15H2,1-2H3. The molecule has 1 heterocycles. The number of aryl methyl sites for hydroxylation is 2. The van der Waals surface area contributed by atoms with Gasteiger partial charge in [0, 0.05) is 24.1 Å². The van der Waals surface area contributed by atoms with E-state index in [2.05, 4.69) is 45.5 Å². The Labute approximate surface area is 115 Å². The van der Waals surface area contributed by atoms with Gasteiger partial charge in [-0.1, -0.05) is 28.1 Å². The van der Waals surface area contributed by atoms with Gasteiger partial charge in [0.05, 0.1) is 11.7 Å². The molecule has 1 aromatic carbocycles. The fourth-order valence-corrected chi connectivity index (χ4v) is 2.19. The molecule has 0 aliphatic rings. The van der Waals surface area contributed by atoms with Gasteiger partial charge in [0.15, 0.2) is 0 Å². The van der Waals surface area contributed by atoms with E-state index in [1.54, 1.807) is 4.68 Å². The van der Waals surface area contributed by atoms with E-state index in [4.69, 9.17) is 5.84 Å². The number of aromatic nitrogens is 2. The Balaban J connectivity index is 2.19. The Kier molecular flexibility index (Phi) is 4.16. The third kappa shape index (κ3) is 2.98. The van der Waals surface area contributed by atoms with E-state index in [0.717, 1.165) is 16.6 Å². The average molecular weight is 309 g/mol. The highest BCUT2D eigenvalue weighted by atomic mass is 79.9. The SMILES string of the molecule is Cc1cc(C(Cc2ccn(C)n2)NN)ccc1Br. The van der Waals surface area contributed by atoms with Crippen molar-refractivity contribution >= 4 is 15.9 Å². The minimum Gasteiger partial charge on any atom is -0.276 e. The van der Waals surface area contributed by atoms with E-state index in [-0.39, 0.29) is 6.04 Å². The average Bonchev–Trinajstić information content (AvgIpc) is 2.75. The lowest BCUT2D eigenvalue weighted by Crippen LogP contribution is -2.29. The van der Waals surface area contributed by atoms with Crippen molar-refractivity contribution in [3.05, 3.63) is 51.8 Å². The van der Waals surface area contributed by atoms with E-state index in [9.17, 15) is 0 Å². The number of rotatable bonds is 4. The Bertz CT molecular complexity index is 536. The van der Waals surface area contributed by atoms with Crippen LogP contribution in [-0.2, 0) is 13.5 Å². The van der Waals surface area contributed by atoms with Crippen LogP contribution in [0.15, 0.2) is 34.9 Å². The molecule has 0 aliphatic heterocycles. The van der Waals surface area contributed by atoms with Crippen molar-refractivity contribution in [1.82, 2.24) is 15.2 Å². The molecule has 0 amide bonds. The number of hydrogen-bond acceptors (Lipinski definition) is 3. The second-order valence-electron chi connectivity index (χ2n) is 4.41. The molecule has 4 nitrogen and oxygen atoms in total. The van der Waals surface area contributed by atoms with Crippen molar-refractivity contribution in [2.75, 3.05) is 0 Å². The van der Waals surface area contributed by atoms with Crippen LogP contribution in [0.1, 0.15) is 22.9 Å². The first-order chi connectivity index (χ1) is 8.60. The van der Waals surface area contributed by atoms with Crippen LogP contribution in [0.2, 0.25) is 0 Å². The van der Waals surface area contributed by atoms with Gasteiger partial charge in [-0.15, -0.1) is 0 Å². The van der Waals surface area contributed by atoms with Crippen LogP contribution in [0.3, 0.4) is 0 Å². The highest BCUT2D eigenvalue weighted by Gasteiger charge is 2.12. The third-order valence-corrected chi connectivity index (χ3v) is 3.86. The zero-order chi connectivity index (χ0) is 13.1. The molecule has 0 aliphatic carbocycles. The number of nitrogens with two attached hydrogens (primary N) is 1. The molecule has 5 heteroatoms. The number of hydrazine groups is 1. The van der Waals surface area contributed by atoms with Crippen LogP contribution in [0.4, 0.5) is 0 Å². The highest BCUT2D eigenvalue weighted by molar-refractivity contribution is 9.10. The van der Waals surface area contributed by atoms with Crippen molar-refractivity contribution in [2.24, 2.45) is 12.9 Å². The third-order valence-electron chi connectivity index (χ3n) is 2.97. The van der Waals surface area contributed by atoms with Crippen molar-refractivity contribution in [3.8, 4) is 0 Å². The fraction of sp³-hybridized carbons (Fsp3) is 0.308. The van der Waals surface area contributed by atoms with E-state index in [1.807, 2.05) is 25.4 Å². The number of halogens is 1. The van der Waals surface area contributed by atoms with E-state index in [0.29, 0.717) is 0 Å². The fourth-order valence-electron chi connectivity index (χ4n) is 1.94. The maximum atomic E-state index is 5.65. The first-order valence-corrected chi connectivity index (χ1v) is 6.60. The second-order valence-corrected chi connectivity index (χ2v) is 5.27. The molecule has 1 aromatic heterocycles. The van der Waals surface area contributed by atoms with Gasteiger partial charge in [-0.2, -0.15) is 5.10 Å². The highest BCUT2D eigenvalue weighted by Crippen LogP contribution is 2.23. The second kappa shape index (κ2) is 5.65. The van der Waals surface area contributed by atoms with Crippen LogP contribution in [-0.4, -0.2) is 9.78 Å². The summed E-state index contributed by atoms with van der Waals surface area (Å²) in [5.74, 6) is 5.65. The first-order valence-electron chi connectivity index (χ1n) is 5.81. The van der Waals surface area contributed by atoms with E-state index < -0.39 is 0 Å². The summed E-state index contributed by atoms with van der Waals surface area (Å²) in [4.78, 5) is 0. The lowest BCUT2D eigenvalue weighted by atomic mass is 10.0. The summed E-state index contributed by atoms with van der Waals surface area (Å²) in [6, 6.07) is 8.35. The number of hydrogen-bond donors (Lipinski definition) is 2. The molecule has 18 heavy (non-hydrogen) atoms. The molecule has 0 saturated heterocycles. The topological polar surface area (TPSA) is 55.9 Å². The van der Waals surface area contributed by atoms with Crippen LogP contribution >= 0.6 is 15.9 Å². The zero-order valence-electron chi connectivity index (χ0n) is 10.5. The summed E-state index contributed by atoms with van der Waals surface area (Å²) in [5, 5.41) is 4.38. The summed E-state index contributed by atoms with van der Waals surface area (Å²) in [6.45, 7) is 2.07. The summed E-state index contributed by atoms with van der Waals surface area (Å²) >= 11 is 3.50. The molecule has 0 spiro atoms. The zero-order valence-corrected chi connectivity index (χ0v) is 12.1. The van der Waals surface area contributed by atoms with Crippen molar-refractivity contribution < 1.29 is 0 Å². The normalized spacial score (nSPS) is 12.7. The van der Waals surface area contributed by atoms with Gasteiger partial charge >= 0.3 is 0 Å². The molecule has 96 valence electrons. The number of nitrogens with one attached hydrogen (secondary N) is 1. The van der Waals surface area contributed by atoms with Crippen LogP contribution in [0, 0.1) is 6.92 Å². The summed E-state index contributed by atoms with van der Waals surface area (Å²) in [5.41, 5.74) is 6.26. The maximum absolute atomic E-state index is 5.65. The summed E-state index contributed by atoms with van der Waals surface area (Å²) < 4.78 is 2.91. The van der Waals surface area contributed by atoms with Crippen molar-refractivity contribution in [3.63, 3.8) is 0 Å². The molecule has 2 aromatic rings. The molecule has 0 radical (unpaired) electrons. The minimum absolute atomic E-state index is 0.0756. The minimum atomic E-state index is 0.0756. The molecular formula is C13H17BrN4. The molecule has 1 unspecified atom stereocenters. The molecule has 1 atom stereocenters. The Morgan fingerprint density at radius 3 is 2.78 bits per heavy atom. The molecular weight excluding hydrogens is 292 g/mol. The smallest absolute Gasteiger partial charge is 0.0643 e. The quantitative estimate of drug-likeness (QED) is 0.673. The van der Waals surface area contributed by atoms with Crippen molar-refractivity contribution in [1.29, 1.82) is 0 Å². The van der Waals surface area contributed by atoms with Gasteiger partial charge < -0.3 is 0 Å². The number of nitrogens with zero attached hydrogens (tertiary/aromatic N) is 2. The summed E-state index contributed by atoms with van der Waals surface area (Å²) in [7, 11) is 1.91. The van der Waals surface area contributed by atoms with E-state index >= 15 is 0 Å². The van der Waals surface area contributed by atoms with E-state index in [1.165, 1.54) is 11.1 Å². The van der Waals surface area contributed by atoms with Gasteiger partial charge in [0.25, 0.3) is 0 Å². The van der Waals surface area contributed by atoms with Gasteiger partial charge in [-0.3, -0.25) is 16.0 Å².